The number of benzene rings is 1. The van der Waals surface area contributed by atoms with Crippen molar-refractivity contribution in [2.24, 2.45) is 5.73 Å². The second-order valence-corrected chi connectivity index (χ2v) is 5.98. The van der Waals surface area contributed by atoms with Gasteiger partial charge in [-0.3, -0.25) is 4.79 Å². The van der Waals surface area contributed by atoms with Gasteiger partial charge >= 0.3 is 0 Å². The van der Waals surface area contributed by atoms with E-state index in [9.17, 15) is 4.79 Å². The van der Waals surface area contributed by atoms with Crippen LogP contribution in [0.1, 0.15) is 44.0 Å². The normalized spacial score (nSPS) is 12.3. The van der Waals surface area contributed by atoms with E-state index in [1.54, 1.807) is 6.07 Å². The molecule has 0 saturated heterocycles. The lowest BCUT2D eigenvalue weighted by molar-refractivity contribution is 0.685. The van der Waals surface area contributed by atoms with Crippen LogP contribution in [0, 0.1) is 0 Å². The average molecular weight is 303 g/mol. The smallest absolute Gasteiger partial charge is 0.251 e. The van der Waals surface area contributed by atoms with E-state index >= 15 is 0 Å². The molecule has 0 aliphatic carbocycles. The number of nitrogens with zero attached hydrogens (tertiary/aromatic N) is 1. The van der Waals surface area contributed by atoms with Gasteiger partial charge in [0.1, 0.15) is 0 Å². The van der Waals surface area contributed by atoms with Gasteiger partial charge in [-0.05, 0) is 24.5 Å². The van der Waals surface area contributed by atoms with Crippen molar-refractivity contribution >= 4 is 11.8 Å². The molecular formula is C16H21N3OS. The topological polar surface area (TPSA) is 71.8 Å². The summed E-state index contributed by atoms with van der Waals surface area (Å²) >= 11 is 1.47. The molecule has 1 aromatic heterocycles. The number of nitrogens with one attached hydrogen (secondary N) is 1. The van der Waals surface area contributed by atoms with Gasteiger partial charge in [-0.25, -0.2) is 4.98 Å². The highest BCUT2D eigenvalue weighted by molar-refractivity contribution is 7.99. The first-order chi connectivity index (χ1) is 10.1. The van der Waals surface area contributed by atoms with Crippen molar-refractivity contribution in [1.82, 2.24) is 9.97 Å². The van der Waals surface area contributed by atoms with E-state index in [1.165, 1.54) is 11.8 Å². The molecule has 2 rings (SSSR count). The Bertz CT molecular complexity index is 654. The van der Waals surface area contributed by atoms with Crippen LogP contribution in [-0.4, -0.2) is 9.97 Å². The highest BCUT2D eigenvalue weighted by Crippen LogP contribution is 2.31. The van der Waals surface area contributed by atoms with E-state index in [-0.39, 0.29) is 11.6 Å². The van der Waals surface area contributed by atoms with Crippen molar-refractivity contribution in [3.8, 4) is 0 Å². The van der Waals surface area contributed by atoms with E-state index in [2.05, 4.69) is 23.8 Å². The number of H-pyrrole nitrogens is 1. The SMILES string of the molecule is CCCc1cc(=O)[nH]c(Sc2ccccc2[C@H](N)CC)n1. The maximum atomic E-state index is 11.7. The van der Waals surface area contributed by atoms with Crippen LogP contribution in [0.25, 0.3) is 0 Å². The molecule has 0 spiro atoms. The summed E-state index contributed by atoms with van der Waals surface area (Å²) in [5, 5.41) is 0.627. The largest absolute Gasteiger partial charge is 0.324 e. The fourth-order valence-corrected chi connectivity index (χ4v) is 3.13. The lowest BCUT2D eigenvalue weighted by Crippen LogP contribution is -2.11. The van der Waals surface area contributed by atoms with Gasteiger partial charge in [0, 0.05) is 22.7 Å². The molecule has 0 saturated carbocycles. The Morgan fingerprint density at radius 3 is 2.81 bits per heavy atom. The Balaban J connectivity index is 2.32. The van der Waals surface area contributed by atoms with Crippen LogP contribution in [-0.2, 0) is 6.42 Å². The molecule has 0 bridgehead atoms. The molecule has 1 heterocycles. The minimum absolute atomic E-state index is 0.000698. The van der Waals surface area contributed by atoms with Gasteiger partial charge in [-0.15, -0.1) is 0 Å². The van der Waals surface area contributed by atoms with Gasteiger partial charge in [0.05, 0.1) is 0 Å². The fourth-order valence-electron chi connectivity index (χ4n) is 2.12. The third-order valence-electron chi connectivity index (χ3n) is 3.24. The lowest BCUT2D eigenvalue weighted by Gasteiger charge is -2.14. The van der Waals surface area contributed by atoms with E-state index in [0.717, 1.165) is 35.4 Å². The van der Waals surface area contributed by atoms with Gasteiger partial charge in [0.25, 0.3) is 5.56 Å². The highest BCUT2D eigenvalue weighted by Gasteiger charge is 2.11. The summed E-state index contributed by atoms with van der Waals surface area (Å²) in [5.41, 5.74) is 7.97. The van der Waals surface area contributed by atoms with E-state index in [4.69, 9.17) is 5.73 Å². The Kier molecular flexibility index (Phi) is 5.59. The zero-order valence-electron chi connectivity index (χ0n) is 12.4. The van der Waals surface area contributed by atoms with Gasteiger partial charge in [0.2, 0.25) is 0 Å². The van der Waals surface area contributed by atoms with E-state index < -0.39 is 0 Å². The Morgan fingerprint density at radius 1 is 1.33 bits per heavy atom. The molecule has 5 heteroatoms. The summed E-state index contributed by atoms with van der Waals surface area (Å²) in [6.45, 7) is 4.14. The number of nitrogens with two attached hydrogens (primary N) is 1. The maximum absolute atomic E-state index is 11.7. The molecule has 112 valence electrons. The second-order valence-electron chi connectivity index (χ2n) is 4.95. The molecule has 0 fully saturated rings. The zero-order chi connectivity index (χ0) is 15.2. The van der Waals surface area contributed by atoms with Crippen LogP contribution in [0.2, 0.25) is 0 Å². The molecule has 4 nitrogen and oxygen atoms in total. The standard InChI is InChI=1S/C16H21N3OS/c1-3-7-11-10-15(20)19-16(18-11)21-14-9-6-5-8-12(14)13(17)4-2/h5-6,8-10,13H,3-4,7,17H2,1-2H3,(H,18,19,20)/t13-/m1/s1. The Labute approximate surface area is 129 Å². The Morgan fingerprint density at radius 2 is 2.10 bits per heavy atom. The Hall–Kier alpha value is -1.59. The first-order valence-electron chi connectivity index (χ1n) is 7.26. The zero-order valence-corrected chi connectivity index (χ0v) is 13.2. The van der Waals surface area contributed by atoms with Crippen molar-refractivity contribution in [2.75, 3.05) is 0 Å². The van der Waals surface area contributed by atoms with Crippen LogP contribution < -0.4 is 11.3 Å². The third-order valence-corrected chi connectivity index (χ3v) is 4.22. The van der Waals surface area contributed by atoms with Gasteiger partial charge in [0.15, 0.2) is 5.16 Å². The number of rotatable bonds is 6. The van der Waals surface area contributed by atoms with Crippen molar-refractivity contribution in [2.45, 2.75) is 49.2 Å². The number of aromatic amines is 1. The lowest BCUT2D eigenvalue weighted by atomic mass is 10.1. The molecule has 0 amide bonds. The summed E-state index contributed by atoms with van der Waals surface area (Å²) in [6, 6.07) is 9.57. The number of aromatic nitrogens is 2. The molecule has 0 radical (unpaired) electrons. The van der Waals surface area contributed by atoms with Gasteiger partial charge in [-0.1, -0.05) is 50.2 Å². The van der Waals surface area contributed by atoms with E-state index in [1.807, 2.05) is 24.3 Å². The molecule has 0 aliphatic rings. The highest BCUT2D eigenvalue weighted by atomic mass is 32.2. The summed E-state index contributed by atoms with van der Waals surface area (Å²) in [7, 11) is 0. The first-order valence-corrected chi connectivity index (χ1v) is 8.08. The quantitative estimate of drug-likeness (QED) is 0.803. The van der Waals surface area contributed by atoms with E-state index in [0.29, 0.717) is 5.16 Å². The van der Waals surface area contributed by atoms with Crippen LogP contribution >= 0.6 is 11.8 Å². The minimum Gasteiger partial charge on any atom is -0.324 e. The molecule has 0 aliphatic heterocycles. The predicted molar refractivity (Wildman–Crippen MR) is 86.6 cm³/mol. The fraction of sp³-hybridized carbons (Fsp3) is 0.375. The molecule has 1 atom stereocenters. The first kappa shape index (κ1) is 15.8. The molecule has 3 N–H and O–H groups in total. The molecule has 0 unspecified atom stereocenters. The number of hydrogen-bond acceptors (Lipinski definition) is 4. The third kappa shape index (κ3) is 4.19. The average Bonchev–Trinajstić information content (AvgIpc) is 2.47. The predicted octanol–water partition coefficient (Wildman–Crippen LogP) is 3.28. The summed E-state index contributed by atoms with van der Waals surface area (Å²) < 4.78 is 0. The van der Waals surface area contributed by atoms with Crippen molar-refractivity contribution < 1.29 is 0 Å². The van der Waals surface area contributed by atoms with Crippen molar-refractivity contribution in [3.63, 3.8) is 0 Å². The summed E-state index contributed by atoms with van der Waals surface area (Å²) in [6.07, 6.45) is 2.66. The van der Waals surface area contributed by atoms with Crippen LogP contribution in [0.3, 0.4) is 0 Å². The molecule has 1 aromatic carbocycles. The van der Waals surface area contributed by atoms with Crippen LogP contribution in [0.5, 0.6) is 0 Å². The molecule has 2 aromatic rings. The second kappa shape index (κ2) is 7.43. The van der Waals surface area contributed by atoms with Crippen LogP contribution in [0.4, 0.5) is 0 Å². The number of hydrogen-bond donors (Lipinski definition) is 2. The molecule has 21 heavy (non-hydrogen) atoms. The van der Waals surface area contributed by atoms with Crippen molar-refractivity contribution in [3.05, 3.63) is 51.9 Å². The van der Waals surface area contributed by atoms with Gasteiger partial charge in [-0.2, -0.15) is 0 Å². The minimum atomic E-state index is -0.103. The summed E-state index contributed by atoms with van der Waals surface area (Å²) in [4.78, 5) is 20.1. The van der Waals surface area contributed by atoms with Crippen LogP contribution in [0.15, 0.2) is 45.2 Å². The number of aryl methyl sites for hydroxylation is 1. The van der Waals surface area contributed by atoms with Crippen molar-refractivity contribution in [1.29, 1.82) is 0 Å². The monoisotopic (exact) mass is 303 g/mol. The van der Waals surface area contributed by atoms with Gasteiger partial charge < -0.3 is 10.7 Å². The summed E-state index contributed by atoms with van der Waals surface area (Å²) in [5.74, 6) is 0. The maximum Gasteiger partial charge on any atom is 0.251 e. The molecular weight excluding hydrogens is 282 g/mol.